The number of unbranched alkanes of at least 4 members (excludes halogenated alkanes) is 1. The molecule has 48 heavy (non-hydrogen) atoms. The first-order valence-electron chi connectivity index (χ1n) is 16.7. The number of ether oxygens (including phenoxy) is 1. The number of nitrogens with one attached hydrogen (secondary N) is 4. The van der Waals surface area contributed by atoms with Crippen LogP contribution in [-0.2, 0) is 40.1 Å². The van der Waals surface area contributed by atoms with Crippen molar-refractivity contribution in [3.05, 3.63) is 42.0 Å². The molecule has 3 atom stereocenters. The SMILES string of the molecule is CCCCC(CCC)C(=O)OCc1ccc(NC(=O)[C@H](C)NC(=O)[C@@H](NC(=O)C(C)(C)CC(C)(C)[NH+]2C(=O)C=CC2=O)C(C)C)cc1.[I-]. The molecule has 1 unspecified atom stereocenters. The van der Waals surface area contributed by atoms with Gasteiger partial charge in [0.25, 0.3) is 0 Å². The van der Waals surface area contributed by atoms with Gasteiger partial charge in [-0.05, 0) is 57.2 Å². The fourth-order valence-corrected chi connectivity index (χ4v) is 6.01. The quantitative estimate of drug-likeness (QED) is 0.0970. The maximum atomic E-state index is 13.4. The van der Waals surface area contributed by atoms with E-state index in [-0.39, 0.29) is 71.5 Å². The van der Waals surface area contributed by atoms with E-state index in [2.05, 4.69) is 29.8 Å². The summed E-state index contributed by atoms with van der Waals surface area (Å²) in [6, 6.07) is 5.12. The number of hydrogen-bond acceptors (Lipinski definition) is 7. The Bertz CT molecular complexity index is 1310. The molecule has 4 N–H and O–H groups in total. The molecular weight excluding hydrogens is 727 g/mol. The monoisotopic (exact) mass is 782 g/mol. The third-order valence-electron chi connectivity index (χ3n) is 8.52. The Balaban J connectivity index is 0.0000115. The highest BCUT2D eigenvalue weighted by molar-refractivity contribution is 6.01. The lowest BCUT2D eigenvalue weighted by atomic mass is 9.78. The molecule has 0 radical (unpaired) electrons. The van der Waals surface area contributed by atoms with E-state index >= 15 is 0 Å². The second kappa shape index (κ2) is 19.2. The lowest BCUT2D eigenvalue weighted by molar-refractivity contribution is -0.791. The van der Waals surface area contributed by atoms with Crippen LogP contribution in [0.3, 0.4) is 0 Å². The van der Waals surface area contributed by atoms with Crippen LogP contribution >= 0.6 is 0 Å². The summed E-state index contributed by atoms with van der Waals surface area (Å²) in [5.41, 5.74) is -0.576. The summed E-state index contributed by atoms with van der Waals surface area (Å²) in [6.45, 7) is 16.4. The second-order valence-corrected chi connectivity index (χ2v) is 14.2. The number of imide groups is 1. The summed E-state index contributed by atoms with van der Waals surface area (Å²) in [7, 11) is 0. The number of amides is 5. The summed E-state index contributed by atoms with van der Waals surface area (Å²) in [4.78, 5) is 76.9. The van der Waals surface area contributed by atoms with Gasteiger partial charge in [-0.15, -0.1) is 0 Å². The number of esters is 1. The van der Waals surface area contributed by atoms with E-state index in [1.54, 1.807) is 72.7 Å². The first-order chi connectivity index (χ1) is 21.9. The Kier molecular flexibility index (Phi) is 17.1. The molecule has 0 aromatic heterocycles. The molecule has 1 heterocycles. The van der Waals surface area contributed by atoms with E-state index in [1.165, 1.54) is 12.2 Å². The number of benzene rings is 1. The molecule has 1 aliphatic heterocycles. The van der Waals surface area contributed by atoms with Crippen LogP contribution in [0.4, 0.5) is 5.69 Å². The van der Waals surface area contributed by atoms with Crippen molar-refractivity contribution in [3.63, 3.8) is 0 Å². The van der Waals surface area contributed by atoms with E-state index in [4.69, 9.17) is 4.74 Å². The average molecular weight is 783 g/mol. The van der Waals surface area contributed by atoms with E-state index < -0.39 is 40.8 Å². The van der Waals surface area contributed by atoms with Gasteiger partial charge in [-0.3, -0.25) is 19.2 Å². The number of quaternary nitrogens is 1. The minimum atomic E-state index is -1.02. The Labute approximate surface area is 302 Å². The minimum absolute atomic E-state index is 0. The van der Waals surface area contributed by atoms with Gasteiger partial charge in [-0.2, -0.15) is 4.90 Å². The summed E-state index contributed by atoms with van der Waals surface area (Å²) in [5.74, 6) is -2.62. The molecular formula is C36H55IN4O7. The minimum Gasteiger partial charge on any atom is -1.00 e. The van der Waals surface area contributed by atoms with Gasteiger partial charge in [0.2, 0.25) is 17.7 Å². The predicted molar refractivity (Wildman–Crippen MR) is 180 cm³/mol. The van der Waals surface area contributed by atoms with Crippen molar-refractivity contribution >= 4 is 41.2 Å². The van der Waals surface area contributed by atoms with Gasteiger partial charge in [0.15, 0.2) is 0 Å². The summed E-state index contributed by atoms with van der Waals surface area (Å²) >= 11 is 0. The number of hydrogen-bond donors (Lipinski definition) is 4. The van der Waals surface area contributed by atoms with Gasteiger partial charge in [-0.1, -0.05) is 72.9 Å². The van der Waals surface area contributed by atoms with Crippen molar-refractivity contribution in [1.29, 1.82) is 0 Å². The van der Waals surface area contributed by atoms with Crippen LogP contribution < -0.4 is 44.8 Å². The average Bonchev–Trinajstić information content (AvgIpc) is 3.34. The molecule has 1 aromatic rings. The standard InChI is InChI=1S/C36H54N4O7.HI/c1-10-12-14-26(13-11-2)33(45)47-21-25-15-17-27(18-16-25)38-31(43)24(5)37-32(44)30(23(3)4)39-34(46)35(6,7)22-36(8,9)40-28(41)19-20-29(40)42;/h15-20,23-24,26,30H,10-14,21-22H2,1-9H3,(H,37,44)(H,38,43)(H,39,46);1H/t24-,26?,30-;/m0./s1. The number of rotatable bonds is 18. The van der Waals surface area contributed by atoms with Gasteiger partial charge in [-0.25, -0.2) is 9.59 Å². The number of carbonyl (C=O) groups is 6. The van der Waals surface area contributed by atoms with Crippen LogP contribution in [0.15, 0.2) is 36.4 Å². The zero-order valence-corrected chi connectivity index (χ0v) is 32.1. The van der Waals surface area contributed by atoms with Gasteiger partial charge in [0.05, 0.1) is 18.1 Å². The van der Waals surface area contributed by atoms with Crippen LogP contribution in [0.2, 0.25) is 0 Å². The first-order valence-corrected chi connectivity index (χ1v) is 16.7. The zero-order chi connectivity index (χ0) is 35.5. The molecule has 0 bridgehead atoms. The van der Waals surface area contributed by atoms with E-state index in [0.29, 0.717) is 5.69 Å². The molecule has 1 aromatic carbocycles. The highest BCUT2D eigenvalue weighted by Crippen LogP contribution is 2.28. The maximum absolute atomic E-state index is 13.4. The molecule has 0 aliphatic carbocycles. The van der Waals surface area contributed by atoms with Crippen molar-refractivity contribution < 1.29 is 62.4 Å². The molecule has 1 aliphatic rings. The van der Waals surface area contributed by atoms with Crippen LogP contribution in [0.25, 0.3) is 0 Å². The van der Waals surface area contributed by atoms with Crippen LogP contribution in [0.5, 0.6) is 0 Å². The Morgan fingerprint density at radius 2 is 1.42 bits per heavy atom. The van der Waals surface area contributed by atoms with Crippen LogP contribution in [0.1, 0.15) is 106 Å². The molecule has 0 spiro atoms. The number of halogens is 1. The molecule has 11 nitrogen and oxygen atoms in total. The molecule has 0 saturated heterocycles. The number of anilines is 1. The zero-order valence-electron chi connectivity index (χ0n) is 30.0. The lowest BCUT2D eigenvalue weighted by Gasteiger charge is -2.36. The largest absolute Gasteiger partial charge is 1.00 e. The first kappa shape index (κ1) is 42.9. The molecule has 0 fully saturated rings. The number of carbonyl (C=O) groups excluding carboxylic acids is 6. The molecule has 5 amide bonds. The van der Waals surface area contributed by atoms with Crippen LogP contribution in [-0.4, -0.2) is 53.1 Å². The van der Waals surface area contributed by atoms with Crippen molar-refractivity contribution in [1.82, 2.24) is 10.6 Å². The fraction of sp³-hybridized carbons (Fsp3) is 0.611. The topological polar surface area (TPSA) is 152 Å². The summed E-state index contributed by atoms with van der Waals surface area (Å²) < 4.78 is 5.55. The summed E-state index contributed by atoms with van der Waals surface area (Å²) in [6.07, 6.45) is 7.27. The Morgan fingerprint density at radius 3 is 1.94 bits per heavy atom. The van der Waals surface area contributed by atoms with Gasteiger partial charge >= 0.3 is 17.8 Å². The van der Waals surface area contributed by atoms with E-state index in [0.717, 1.165) is 37.7 Å². The van der Waals surface area contributed by atoms with E-state index in [1.807, 2.05) is 0 Å². The normalized spacial score (nSPS) is 15.4. The van der Waals surface area contributed by atoms with E-state index in [9.17, 15) is 28.8 Å². The summed E-state index contributed by atoms with van der Waals surface area (Å²) in [5, 5.41) is 8.30. The van der Waals surface area contributed by atoms with Gasteiger partial charge in [0.1, 0.15) is 24.2 Å². The molecule has 2 rings (SSSR count). The van der Waals surface area contributed by atoms with Crippen molar-refractivity contribution in [2.45, 2.75) is 125 Å². The van der Waals surface area contributed by atoms with Crippen molar-refractivity contribution in [2.24, 2.45) is 17.3 Å². The highest BCUT2D eigenvalue weighted by atomic mass is 127. The van der Waals surface area contributed by atoms with Gasteiger partial charge < -0.3 is 44.7 Å². The third kappa shape index (κ3) is 12.4. The fourth-order valence-electron chi connectivity index (χ4n) is 6.01. The predicted octanol–water partition coefficient (Wildman–Crippen LogP) is 0.627. The second-order valence-electron chi connectivity index (χ2n) is 14.2. The third-order valence-corrected chi connectivity index (χ3v) is 8.52. The van der Waals surface area contributed by atoms with Crippen molar-refractivity contribution in [3.8, 4) is 0 Å². The molecule has 12 heteroatoms. The molecule has 268 valence electrons. The van der Waals surface area contributed by atoms with Crippen molar-refractivity contribution in [2.75, 3.05) is 5.32 Å². The lowest BCUT2D eigenvalue weighted by Crippen LogP contribution is -3.22. The maximum Gasteiger partial charge on any atom is 0.345 e. The Hall–Kier alpha value is -3.13. The highest BCUT2D eigenvalue weighted by Gasteiger charge is 2.48. The van der Waals surface area contributed by atoms with Gasteiger partial charge in [0, 0.05) is 17.5 Å². The Morgan fingerprint density at radius 1 is 0.833 bits per heavy atom. The molecule has 0 saturated carbocycles. The van der Waals surface area contributed by atoms with Crippen LogP contribution in [0, 0.1) is 17.3 Å². The smallest absolute Gasteiger partial charge is 0.345 e.